The van der Waals surface area contributed by atoms with Gasteiger partial charge < -0.3 is 10.6 Å². The van der Waals surface area contributed by atoms with Crippen molar-refractivity contribution in [2.45, 2.75) is 30.7 Å². The summed E-state index contributed by atoms with van der Waals surface area (Å²) in [5.74, 6) is -0.375. The van der Waals surface area contributed by atoms with Gasteiger partial charge in [0.25, 0.3) is 5.91 Å². The van der Waals surface area contributed by atoms with Gasteiger partial charge in [-0.15, -0.1) is 12.6 Å². The van der Waals surface area contributed by atoms with Gasteiger partial charge >= 0.3 is 0 Å². The molecule has 0 unspecified atom stereocenters. The number of thiol groups is 1. The fourth-order valence-corrected chi connectivity index (χ4v) is 1.82. The van der Waals surface area contributed by atoms with Gasteiger partial charge in [0.15, 0.2) is 0 Å². The molecule has 0 saturated heterocycles. The fraction of sp³-hybridized carbons (Fsp3) is 0.385. The van der Waals surface area contributed by atoms with E-state index in [1.165, 1.54) is 0 Å². The molecule has 2 rings (SSSR count). The molecular formula is C13H16N2O2S. The second-order valence-corrected chi connectivity index (χ2v) is 5.04. The first-order chi connectivity index (χ1) is 8.56. The third kappa shape index (κ3) is 3.50. The van der Waals surface area contributed by atoms with Crippen molar-refractivity contribution < 1.29 is 9.59 Å². The Morgan fingerprint density at radius 2 is 2.11 bits per heavy atom. The monoisotopic (exact) mass is 264 g/mol. The number of hydrogen-bond donors (Lipinski definition) is 3. The van der Waals surface area contributed by atoms with Crippen LogP contribution in [0.15, 0.2) is 23.1 Å². The summed E-state index contributed by atoms with van der Waals surface area (Å²) >= 11 is 4.20. The molecule has 0 bridgehead atoms. The SMILES string of the molecule is Cc1ccc(S)cc1C(=O)NCC(=O)NC1CC1. The van der Waals surface area contributed by atoms with Crippen molar-refractivity contribution in [1.82, 2.24) is 10.6 Å². The van der Waals surface area contributed by atoms with E-state index in [1.54, 1.807) is 6.07 Å². The zero-order chi connectivity index (χ0) is 13.1. The van der Waals surface area contributed by atoms with E-state index in [0.29, 0.717) is 11.6 Å². The van der Waals surface area contributed by atoms with Crippen LogP contribution in [-0.2, 0) is 4.79 Å². The third-order valence-electron chi connectivity index (χ3n) is 2.82. The molecule has 1 aliphatic carbocycles. The molecule has 1 fully saturated rings. The maximum absolute atomic E-state index is 11.9. The first-order valence-electron chi connectivity index (χ1n) is 5.93. The Bertz CT molecular complexity index is 484. The van der Waals surface area contributed by atoms with Crippen molar-refractivity contribution in [1.29, 1.82) is 0 Å². The molecule has 0 aliphatic heterocycles. The van der Waals surface area contributed by atoms with Crippen molar-refractivity contribution >= 4 is 24.4 Å². The largest absolute Gasteiger partial charge is 0.352 e. The van der Waals surface area contributed by atoms with Crippen molar-refractivity contribution in [3.63, 3.8) is 0 Å². The second kappa shape index (κ2) is 5.44. The quantitative estimate of drug-likeness (QED) is 0.718. The van der Waals surface area contributed by atoms with E-state index in [4.69, 9.17) is 0 Å². The van der Waals surface area contributed by atoms with E-state index in [2.05, 4.69) is 23.3 Å². The lowest BCUT2D eigenvalue weighted by molar-refractivity contribution is -0.120. The van der Waals surface area contributed by atoms with Gasteiger partial charge in [-0.2, -0.15) is 0 Å². The molecule has 0 heterocycles. The van der Waals surface area contributed by atoms with E-state index < -0.39 is 0 Å². The average molecular weight is 264 g/mol. The molecule has 0 radical (unpaired) electrons. The number of amides is 2. The molecular weight excluding hydrogens is 248 g/mol. The van der Waals surface area contributed by atoms with Crippen LogP contribution in [-0.4, -0.2) is 24.4 Å². The number of nitrogens with one attached hydrogen (secondary N) is 2. The number of benzene rings is 1. The number of carbonyl (C=O) groups excluding carboxylic acids is 2. The Balaban J connectivity index is 1.90. The van der Waals surface area contributed by atoms with Gasteiger partial charge in [0.1, 0.15) is 0 Å². The summed E-state index contributed by atoms with van der Waals surface area (Å²) in [7, 11) is 0. The van der Waals surface area contributed by atoms with Crippen LogP contribution in [0.2, 0.25) is 0 Å². The molecule has 5 heteroatoms. The predicted molar refractivity (Wildman–Crippen MR) is 71.9 cm³/mol. The highest BCUT2D eigenvalue weighted by molar-refractivity contribution is 7.80. The molecule has 0 atom stereocenters. The van der Waals surface area contributed by atoms with Gasteiger partial charge in [-0.25, -0.2) is 0 Å². The molecule has 1 aromatic carbocycles. The van der Waals surface area contributed by atoms with Gasteiger partial charge in [0.05, 0.1) is 6.54 Å². The minimum absolute atomic E-state index is 0.0194. The predicted octanol–water partition coefficient (Wildman–Crippen LogP) is 1.29. The lowest BCUT2D eigenvalue weighted by Crippen LogP contribution is -2.38. The van der Waals surface area contributed by atoms with Crippen LogP contribution in [0.1, 0.15) is 28.8 Å². The first-order valence-corrected chi connectivity index (χ1v) is 6.38. The second-order valence-electron chi connectivity index (χ2n) is 4.52. The molecule has 2 N–H and O–H groups in total. The van der Waals surface area contributed by atoms with Crippen molar-refractivity contribution in [3.05, 3.63) is 29.3 Å². The molecule has 1 aromatic rings. The van der Waals surface area contributed by atoms with Gasteiger partial charge in [0.2, 0.25) is 5.91 Å². The molecule has 4 nitrogen and oxygen atoms in total. The highest BCUT2D eigenvalue weighted by atomic mass is 32.1. The molecule has 0 spiro atoms. The summed E-state index contributed by atoms with van der Waals surface area (Å²) in [5.41, 5.74) is 1.43. The Morgan fingerprint density at radius 3 is 2.78 bits per heavy atom. The van der Waals surface area contributed by atoms with Crippen molar-refractivity contribution in [2.75, 3.05) is 6.54 Å². The van der Waals surface area contributed by atoms with Crippen LogP contribution >= 0.6 is 12.6 Å². The smallest absolute Gasteiger partial charge is 0.252 e. The Hall–Kier alpha value is -1.49. The van der Waals surface area contributed by atoms with Crippen LogP contribution in [0.5, 0.6) is 0 Å². The number of carbonyl (C=O) groups is 2. The number of hydrogen-bond acceptors (Lipinski definition) is 3. The minimum atomic E-state index is -0.241. The van der Waals surface area contributed by atoms with E-state index in [0.717, 1.165) is 23.3 Å². The summed E-state index contributed by atoms with van der Waals surface area (Å²) in [5, 5.41) is 5.43. The zero-order valence-corrected chi connectivity index (χ0v) is 11.1. The Labute approximate surface area is 112 Å². The normalized spacial score (nSPS) is 14.1. The summed E-state index contributed by atoms with van der Waals surface area (Å²) in [6.45, 7) is 1.87. The topological polar surface area (TPSA) is 58.2 Å². The van der Waals surface area contributed by atoms with Crippen LogP contribution in [0.4, 0.5) is 0 Å². The highest BCUT2D eigenvalue weighted by Gasteiger charge is 2.23. The van der Waals surface area contributed by atoms with Crippen LogP contribution in [0, 0.1) is 6.92 Å². The van der Waals surface area contributed by atoms with E-state index in [9.17, 15) is 9.59 Å². The van der Waals surface area contributed by atoms with E-state index in [-0.39, 0.29) is 18.4 Å². The van der Waals surface area contributed by atoms with Gasteiger partial charge in [-0.3, -0.25) is 9.59 Å². The van der Waals surface area contributed by atoms with Crippen molar-refractivity contribution in [2.24, 2.45) is 0 Å². The van der Waals surface area contributed by atoms with Crippen LogP contribution in [0.3, 0.4) is 0 Å². The van der Waals surface area contributed by atoms with E-state index in [1.807, 2.05) is 19.1 Å². The van der Waals surface area contributed by atoms with Gasteiger partial charge in [0, 0.05) is 16.5 Å². The Kier molecular flexibility index (Phi) is 3.91. The van der Waals surface area contributed by atoms with Gasteiger partial charge in [-0.1, -0.05) is 6.07 Å². The Morgan fingerprint density at radius 1 is 1.39 bits per heavy atom. The van der Waals surface area contributed by atoms with E-state index >= 15 is 0 Å². The van der Waals surface area contributed by atoms with Crippen LogP contribution < -0.4 is 10.6 Å². The average Bonchev–Trinajstić information content (AvgIpc) is 3.13. The summed E-state index contributed by atoms with van der Waals surface area (Å²) in [6, 6.07) is 5.68. The standard InChI is InChI=1S/C13H16N2O2S/c1-8-2-5-10(18)6-11(8)13(17)14-7-12(16)15-9-3-4-9/h2,5-6,9,18H,3-4,7H2,1H3,(H,14,17)(H,15,16). The molecule has 1 saturated carbocycles. The fourth-order valence-electron chi connectivity index (χ4n) is 1.62. The lowest BCUT2D eigenvalue weighted by Gasteiger charge is -2.08. The number of rotatable bonds is 4. The highest BCUT2D eigenvalue weighted by Crippen LogP contribution is 2.18. The molecule has 18 heavy (non-hydrogen) atoms. The summed E-state index contributed by atoms with van der Waals surface area (Å²) < 4.78 is 0. The maximum Gasteiger partial charge on any atom is 0.252 e. The van der Waals surface area contributed by atoms with Crippen molar-refractivity contribution in [3.8, 4) is 0 Å². The lowest BCUT2D eigenvalue weighted by atomic mass is 10.1. The minimum Gasteiger partial charge on any atom is -0.352 e. The number of aryl methyl sites for hydroxylation is 1. The third-order valence-corrected chi connectivity index (χ3v) is 3.10. The van der Waals surface area contributed by atoms with Gasteiger partial charge in [-0.05, 0) is 37.5 Å². The summed E-state index contributed by atoms with van der Waals surface area (Å²) in [4.78, 5) is 24.1. The zero-order valence-electron chi connectivity index (χ0n) is 10.2. The maximum atomic E-state index is 11.9. The summed E-state index contributed by atoms with van der Waals surface area (Å²) in [6.07, 6.45) is 2.08. The first kappa shape index (κ1) is 13.0. The molecule has 96 valence electrons. The van der Waals surface area contributed by atoms with Crippen LogP contribution in [0.25, 0.3) is 0 Å². The molecule has 0 aromatic heterocycles. The molecule has 2 amide bonds. The molecule has 1 aliphatic rings.